The molecule has 1 aromatic rings. The molecule has 4 nitrogen and oxygen atoms in total. The number of pyridine rings is 1. The van der Waals surface area contributed by atoms with Crippen molar-refractivity contribution in [3.8, 4) is 0 Å². The second kappa shape index (κ2) is 5.07. The number of nitrogens with two attached hydrogens (primary N) is 1. The third-order valence-electron chi connectivity index (χ3n) is 3.00. The van der Waals surface area contributed by atoms with Gasteiger partial charge in [0.1, 0.15) is 0 Å². The Hall–Kier alpha value is -1.42. The predicted molar refractivity (Wildman–Crippen MR) is 65.1 cm³/mol. The van der Waals surface area contributed by atoms with Crippen molar-refractivity contribution in [1.29, 1.82) is 0 Å². The number of hydrogen-bond acceptors (Lipinski definition) is 3. The van der Waals surface area contributed by atoms with E-state index in [2.05, 4.69) is 10.3 Å². The van der Waals surface area contributed by atoms with Gasteiger partial charge >= 0.3 is 0 Å². The molecule has 0 saturated carbocycles. The molecule has 1 heterocycles. The van der Waals surface area contributed by atoms with Gasteiger partial charge in [-0.2, -0.15) is 0 Å². The zero-order chi connectivity index (χ0) is 12.2. The van der Waals surface area contributed by atoms with Crippen LogP contribution in [-0.4, -0.2) is 16.4 Å². The van der Waals surface area contributed by atoms with Crippen LogP contribution in [0.25, 0.3) is 0 Å². The minimum Gasteiger partial charge on any atom is -0.323 e. The lowest BCUT2D eigenvalue weighted by Gasteiger charge is -2.25. The van der Waals surface area contributed by atoms with Gasteiger partial charge in [-0.25, -0.2) is 0 Å². The maximum absolute atomic E-state index is 12.0. The molecule has 0 aliphatic heterocycles. The average molecular weight is 221 g/mol. The Bertz CT molecular complexity index is 372. The van der Waals surface area contributed by atoms with Gasteiger partial charge in [-0.05, 0) is 31.4 Å². The summed E-state index contributed by atoms with van der Waals surface area (Å²) in [5.41, 5.74) is 6.93. The topological polar surface area (TPSA) is 68.0 Å². The zero-order valence-electron chi connectivity index (χ0n) is 10.1. The van der Waals surface area contributed by atoms with Crippen LogP contribution in [0.2, 0.25) is 0 Å². The first-order valence-electron chi connectivity index (χ1n) is 5.54. The fourth-order valence-corrected chi connectivity index (χ4v) is 1.41. The summed E-state index contributed by atoms with van der Waals surface area (Å²) in [4.78, 5) is 16.0. The van der Waals surface area contributed by atoms with Crippen molar-refractivity contribution < 1.29 is 4.79 Å². The smallest absolute Gasteiger partial charge is 0.244 e. The molecule has 88 valence electrons. The molecular formula is C12H19N3O. The zero-order valence-corrected chi connectivity index (χ0v) is 10.1. The number of nitrogens with one attached hydrogen (secondary N) is 1. The Morgan fingerprint density at radius 1 is 1.50 bits per heavy atom. The lowest BCUT2D eigenvalue weighted by atomic mass is 9.93. The molecule has 0 atom stereocenters. The second-order valence-electron chi connectivity index (χ2n) is 4.01. The summed E-state index contributed by atoms with van der Waals surface area (Å²) < 4.78 is 0. The maximum Gasteiger partial charge on any atom is 0.244 e. The Balaban J connectivity index is 2.83. The van der Waals surface area contributed by atoms with Gasteiger partial charge in [-0.1, -0.05) is 13.8 Å². The van der Waals surface area contributed by atoms with Crippen molar-refractivity contribution in [2.45, 2.75) is 39.2 Å². The van der Waals surface area contributed by atoms with E-state index in [1.54, 1.807) is 12.4 Å². The van der Waals surface area contributed by atoms with Crippen molar-refractivity contribution >= 4 is 11.6 Å². The number of rotatable bonds is 4. The molecule has 4 heteroatoms. The number of aryl methyl sites for hydroxylation is 1. The molecule has 0 spiro atoms. The molecule has 3 N–H and O–H groups in total. The highest BCUT2D eigenvalue weighted by atomic mass is 16.2. The van der Waals surface area contributed by atoms with Gasteiger partial charge in [-0.3, -0.25) is 9.78 Å². The monoisotopic (exact) mass is 221 g/mol. The van der Waals surface area contributed by atoms with Crippen LogP contribution in [0.5, 0.6) is 0 Å². The predicted octanol–water partition coefficient (Wildman–Crippen LogP) is 1.85. The maximum atomic E-state index is 12.0. The molecule has 0 radical (unpaired) electrons. The lowest BCUT2D eigenvalue weighted by molar-refractivity contribution is -0.121. The highest BCUT2D eigenvalue weighted by Crippen LogP contribution is 2.17. The molecule has 0 fully saturated rings. The summed E-state index contributed by atoms with van der Waals surface area (Å²) >= 11 is 0. The number of hydrogen-bond donors (Lipinski definition) is 2. The summed E-state index contributed by atoms with van der Waals surface area (Å²) in [5, 5.41) is 2.83. The molecule has 0 unspecified atom stereocenters. The van der Waals surface area contributed by atoms with E-state index < -0.39 is 5.54 Å². The Morgan fingerprint density at radius 2 is 2.12 bits per heavy atom. The van der Waals surface area contributed by atoms with Crippen LogP contribution in [-0.2, 0) is 4.79 Å². The van der Waals surface area contributed by atoms with E-state index in [1.165, 1.54) is 0 Å². The molecule has 0 aliphatic rings. The first-order valence-corrected chi connectivity index (χ1v) is 5.54. The van der Waals surface area contributed by atoms with Crippen molar-refractivity contribution in [3.05, 3.63) is 24.0 Å². The Morgan fingerprint density at radius 3 is 2.62 bits per heavy atom. The molecule has 0 bridgehead atoms. The number of carbonyl (C=O) groups is 1. The van der Waals surface area contributed by atoms with E-state index in [9.17, 15) is 4.79 Å². The van der Waals surface area contributed by atoms with Crippen LogP contribution in [0.1, 0.15) is 32.3 Å². The van der Waals surface area contributed by atoms with E-state index in [0.29, 0.717) is 12.8 Å². The first kappa shape index (κ1) is 12.6. The van der Waals surface area contributed by atoms with Gasteiger partial charge in [0, 0.05) is 6.20 Å². The van der Waals surface area contributed by atoms with Crippen molar-refractivity contribution in [1.82, 2.24) is 4.98 Å². The molecule has 1 rings (SSSR count). The summed E-state index contributed by atoms with van der Waals surface area (Å²) in [6, 6.07) is 1.85. The van der Waals surface area contributed by atoms with Crippen molar-refractivity contribution in [2.24, 2.45) is 5.73 Å². The summed E-state index contributed by atoms with van der Waals surface area (Å²) in [7, 11) is 0. The number of anilines is 1. The molecular weight excluding hydrogens is 202 g/mol. The van der Waals surface area contributed by atoms with Crippen molar-refractivity contribution in [3.63, 3.8) is 0 Å². The van der Waals surface area contributed by atoms with E-state index in [4.69, 9.17) is 5.73 Å². The average Bonchev–Trinajstić information content (AvgIpc) is 2.31. The summed E-state index contributed by atoms with van der Waals surface area (Å²) in [5.74, 6) is -0.145. The first-order chi connectivity index (χ1) is 7.53. The molecule has 0 saturated heterocycles. The molecule has 0 aliphatic carbocycles. The summed E-state index contributed by atoms with van der Waals surface area (Å²) in [6.07, 6.45) is 4.57. The molecule has 1 amide bonds. The van der Waals surface area contributed by atoms with E-state index in [1.807, 2.05) is 26.8 Å². The van der Waals surface area contributed by atoms with Gasteiger partial charge in [0.05, 0.1) is 17.4 Å². The summed E-state index contributed by atoms with van der Waals surface area (Å²) in [6.45, 7) is 5.76. The fraction of sp³-hybridized carbons (Fsp3) is 0.500. The van der Waals surface area contributed by atoms with Crippen LogP contribution in [0, 0.1) is 6.92 Å². The van der Waals surface area contributed by atoms with Gasteiger partial charge in [0.25, 0.3) is 0 Å². The standard InChI is InChI=1S/C12H19N3O/c1-4-12(13,5-2)11(16)15-10-8-14-7-6-9(10)3/h6-8H,4-5,13H2,1-3H3,(H,15,16). The van der Waals surface area contributed by atoms with Crippen LogP contribution in [0.4, 0.5) is 5.69 Å². The second-order valence-corrected chi connectivity index (χ2v) is 4.01. The minimum absolute atomic E-state index is 0.145. The molecule has 1 aromatic heterocycles. The van der Waals surface area contributed by atoms with Gasteiger partial charge in [-0.15, -0.1) is 0 Å². The largest absolute Gasteiger partial charge is 0.323 e. The normalized spacial score (nSPS) is 11.2. The number of aromatic nitrogens is 1. The van der Waals surface area contributed by atoms with E-state index >= 15 is 0 Å². The van der Waals surface area contributed by atoms with Crippen LogP contribution >= 0.6 is 0 Å². The highest BCUT2D eigenvalue weighted by molar-refractivity contribution is 5.98. The van der Waals surface area contributed by atoms with E-state index in [0.717, 1.165) is 11.3 Å². The van der Waals surface area contributed by atoms with Gasteiger partial charge in [0.15, 0.2) is 0 Å². The minimum atomic E-state index is -0.789. The highest BCUT2D eigenvalue weighted by Gasteiger charge is 2.30. The lowest BCUT2D eigenvalue weighted by Crippen LogP contribution is -2.50. The quantitative estimate of drug-likeness (QED) is 0.815. The van der Waals surface area contributed by atoms with E-state index in [-0.39, 0.29) is 5.91 Å². The van der Waals surface area contributed by atoms with Gasteiger partial charge in [0.2, 0.25) is 5.91 Å². The Kier molecular flexibility index (Phi) is 4.01. The van der Waals surface area contributed by atoms with Crippen molar-refractivity contribution in [2.75, 3.05) is 5.32 Å². The van der Waals surface area contributed by atoms with Crippen LogP contribution < -0.4 is 11.1 Å². The fourth-order valence-electron chi connectivity index (χ4n) is 1.41. The molecule has 0 aromatic carbocycles. The number of carbonyl (C=O) groups excluding carboxylic acids is 1. The van der Waals surface area contributed by atoms with Gasteiger partial charge < -0.3 is 11.1 Å². The number of amides is 1. The third kappa shape index (κ3) is 2.58. The van der Waals surface area contributed by atoms with Crippen LogP contribution in [0.3, 0.4) is 0 Å². The Labute approximate surface area is 96.3 Å². The van der Waals surface area contributed by atoms with Crippen LogP contribution in [0.15, 0.2) is 18.5 Å². The number of nitrogens with zero attached hydrogens (tertiary/aromatic N) is 1. The SMILES string of the molecule is CCC(N)(CC)C(=O)Nc1cnccc1C. The third-order valence-corrected chi connectivity index (χ3v) is 3.00. The molecule has 16 heavy (non-hydrogen) atoms.